The van der Waals surface area contributed by atoms with Crippen LogP contribution in [0.4, 0.5) is 0 Å². The van der Waals surface area contributed by atoms with Crippen LogP contribution in [0.5, 0.6) is 0 Å². The monoisotopic (exact) mass is 422 g/mol. The molecule has 0 saturated carbocycles. The van der Waals surface area contributed by atoms with Crippen LogP contribution in [0.25, 0.3) is 32.7 Å². The van der Waals surface area contributed by atoms with E-state index in [0.717, 1.165) is 15.4 Å². The molecule has 0 heterocycles. The summed E-state index contributed by atoms with van der Waals surface area (Å²) in [5.41, 5.74) is 5.50. The molecule has 0 amide bonds. The molecule has 0 aliphatic heterocycles. The number of fused-ring (bicyclic) bond motifs is 4. The molecule has 0 unspecified atom stereocenters. The summed E-state index contributed by atoms with van der Waals surface area (Å²) < 4.78 is 2.28. The molecule has 0 spiro atoms. The first-order valence-corrected chi connectivity index (χ1v) is 9.22. The normalized spacial score (nSPS) is 12.6. The summed E-state index contributed by atoms with van der Waals surface area (Å²) in [7, 11) is 0. The number of hydrogen-bond donors (Lipinski definition) is 0. The first-order valence-electron chi connectivity index (χ1n) is 7.64. The summed E-state index contributed by atoms with van der Waals surface area (Å²) in [6.45, 7) is 0. The molecule has 0 aromatic heterocycles. The van der Waals surface area contributed by atoms with Gasteiger partial charge in [-0.3, -0.25) is 0 Å². The lowest BCUT2D eigenvalue weighted by atomic mass is 9.81. The van der Waals surface area contributed by atoms with Gasteiger partial charge in [-0.1, -0.05) is 74.3 Å². The van der Waals surface area contributed by atoms with Gasteiger partial charge in [0.2, 0.25) is 0 Å². The second kappa shape index (κ2) is 4.93. The Bertz CT molecular complexity index is 1110. The number of rotatable bonds is 0. The van der Waals surface area contributed by atoms with Gasteiger partial charge in [0.25, 0.3) is 0 Å². The number of benzene rings is 4. The first kappa shape index (κ1) is 13.8. The van der Waals surface area contributed by atoms with E-state index < -0.39 is 0 Å². The fourth-order valence-corrected chi connectivity index (χ4v) is 5.40. The third-order valence-electron chi connectivity index (χ3n) is 4.77. The quantitative estimate of drug-likeness (QED) is 0.233. The van der Waals surface area contributed by atoms with Crippen molar-refractivity contribution in [2.75, 3.05) is 0 Å². The van der Waals surface area contributed by atoms with Crippen molar-refractivity contribution in [1.29, 1.82) is 0 Å². The highest BCUT2D eigenvalue weighted by atomic mass is 79.9. The predicted octanol–water partition coefficient (Wildman–Crippen LogP) is 7.09. The smallest absolute Gasteiger partial charge is 0.0268 e. The van der Waals surface area contributed by atoms with Gasteiger partial charge in [-0.15, -0.1) is 0 Å². The van der Waals surface area contributed by atoms with Crippen molar-refractivity contribution < 1.29 is 0 Å². The van der Waals surface area contributed by atoms with Crippen molar-refractivity contribution in [3.05, 3.63) is 80.7 Å². The van der Waals surface area contributed by atoms with Crippen molar-refractivity contribution in [3.63, 3.8) is 0 Å². The third-order valence-corrected chi connectivity index (χ3v) is 5.85. The van der Waals surface area contributed by atoms with Crippen molar-refractivity contribution in [3.8, 4) is 11.1 Å². The molecule has 0 saturated heterocycles. The molecule has 1 aliphatic rings. The first-order chi connectivity index (χ1) is 11.2. The van der Waals surface area contributed by atoms with Crippen LogP contribution in [-0.4, -0.2) is 0 Å². The van der Waals surface area contributed by atoms with E-state index in [1.54, 1.807) is 0 Å². The summed E-state index contributed by atoms with van der Waals surface area (Å²) >= 11 is 7.41. The van der Waals surface area contributed by atoms with Gasteiger partial charge in [0, 0.05) is 14.5 Å². The second-order valence-corrected chi connectivity index (χ2v) is 7.85. The van der Waals surface area contributed by atoms with Crippen LogP contribution < -0.4 is 0 Å². The van der Waals surface area contributed by atoms with Crippen molar-refractivity contribution in [1.82, 2.24) is 0 Å². The molecule has 0 N–H and O–H groups in total. The van der Waals surface area contributed by atoms with Crippen LogP contribution in [0.3, 0.4) is 0 Å². The Kier molecular flexibility index (Phi) is 2.95. The van der Waals surface area contributed by atoms with Crippen LogP contribution in [-0.2, 0) is 6.42 Å². The van der Waals surface area contributed by atoms with Gasteiger partial charge in [-0.2, -0.15) is 0 Å². The molecule has 5 rings (SSSR count). The van der Waals surface area contributed by atoms with E-state index >= 15 is 0 Å². The maximum absolute atomic E-state index is 3.77. The van der Waals surface area contributed by atoms with Gasteiger partial charge in [-0.25, -0.2) is 0 Å². The van der Waals surface area contributed by atoms with Crippen molar-refractivity contribution in [2.45, 2.75) is 6.42 Å². The lowest BCUT2D eigenvalue weighted by Crippen LogP contribution is -2.03. The van der Waals surface area contributed by atoms with Gasteiger partial charge in [0.15, 0.2) is 0 Å². The molecule has 0 nitrogen and oxygen atoms in total. The average molecular weight is 424 g/mol. The molecule has 0 bridgehead atoms. The molecule has 110 valence electrons. The topological polar surface area (TPSA) is 0 Å². The Labute approximate surface area is 151 Å². The fourth-order valence-electron chi connectivity index (χ4n) is 3.88. The van der Waals surface area contributed by atoms with Gasteiger partial charge in [-0.05, 0) is 62.9 Å². The zero-order valence-electron chi connectivity index (χ0n) is 12.2. The number of hydrogen-bond acceptors (Lipinski definition) is 0. The molecule has 4 aromatic rings. The molecule has 0 radical (unpaired) electrons. The molecule has 1 aliphatic carbocycles. The minimum Gasteiger partial charge on any atom is -0.0616 e. The van der Waals surface area contributed by atoms with Crippen LogP contribution in [0.15, 0.2) is 69.6 Å². The molecular formula is C21H12Br2. The van der Waals surface area contributed by atoms with Crippen LogP contribution in [0, 0.1) is 0 Å². The van der Waals surface area contributed by atoms with Crippen molar-refractivity contribution >= 4 is 53.4 Å². The largest absolute Gasteiger partial charge is 0.0616 e. The van der Waals surface area contributed by atoms with E-state index in [2.05, 4.69) is 92.5 Å². The van der Waals surface area contributed by atoms with E-state index in [4.69, 9.17) is 0 Å². The van der Waals surface area contributed by atoms with Crippen LogP contribution in [0.2, 0.25) is 0 Å². The highest BCUT2D eigenvalue weighted by Gasteiger charge is 2.22. The zero-order chi connectivity index (χ0) is 15.6. The molecule has 4 aromatic carbocycles. The zero-order valence-corrected chi connectivity index (χ0v) is 15.4. The van der Waals surface area contributed by atoms with Gasteiger partial charge in [0.1, 0.15) is 0 Å². The predicted molar refractivity (Wildman–Crippen MR) is 105 cm³/mol. The highest BCUT2D eigenvalue weighted by molar-refractivity contribution is 9.11. The Morgan fingerprint density at radius 3 is 2.52 bits per heavy atom. The van der Waals surface area contributed by atoms with E-state index in [1.165, 1.54) is 43.8 Å². The third kappa shape index (κ3) is 1.95. The summed E-state index contributed by atoms with van der Waals surface area (Å²) in [4.78, 5) is 0. The number of halogens is 2. The van der Waals surface area contributed by atoms with E-state index in [9.17, 15) is 0 Å². The lowest BCUT2D eigenvalue weighted by Gasteiger charge is -2.24. The van der Waals surface area contributed by atoms with E-state index in [1.807, 2.05) is 0 Å². The van der Waals surface area contributed by atoms with Gasteiger partial charge < -0.3 is 0 Å². The maximum Gasteiger partial charge on any atom is 0.0268 e. The Morgan fingerprint density at radius 2 is 1.61 bits per heavy atom. The fraction of sp³-hybridized carbons (Fsp3) is 0.0476. The SMILES string of the molecule is Brc1cc(Br)c2c(c1)Cc1c3ccccc3cc3cccc-2c13. The Morgan fingerprint density at radius 1 is 0.783 bits per heavy atom. The standard InChI is InChI=1S/C21H12Br2/c22-15-9-14-10-18-16-6-2-1-4-12(16)8-13-5-3-7-17(20(13)18)21(14)19(23)11-15/h1-9,11H,10H2. The van der Waals surface area contributed by atoms with E-state index in [-0.39, 0.29) is 0 Å². The average Bonchev–Trinajstić information content (AvgIpc) is 2.54. The summed E-state index contributed by atoms with van der Waals surface area (Å²) in [5.74, 6) is 0. The summed E-state index contributed by atoms with van der Waals surface area (Å²) in [5, 5.41) is 5.43. The van der Waals surface area contributed by atoms with Crippen LogP contribution in [0.1, 0.15) is 11.1 Å². The Hall–Kier alpha value is -1.64. The minimum absolute atomic E-state index is 0.974. The maximum atomic E-state index is 3.77. The van der Waals surface area contributed by atoms with E-state index in [0.29, 0.717) is 0 Å². The molecular weight excluding hydrogens is 412 g/mol. The summed E-state index contributed by atoms with van der Waals surface area (Å²) in [6.07, 6.45) is 0.974. The lowest BCUT2D eigenvalue weighted by molar-refractivity contribution is 1.21. The molecule has 0 fully saturated rings. The summed E-state index contributed by atoms with van der Waals surface area (Å²) in [6, 6.07) is 22.1. The Balaban J connectivity index is 2.02. The second-order valence-electron chi connectivity index (χ2n) is 6.08. The van der Waals surface area contributed by atoms with Crippen LogP contribution >= 0.6 is 31.9 Å². The van der Waals surface area contributed by atoms with Gasteiger partial charge >= 0.3 is 0 Å². The highest BCUT2D eigenvalue weighted by Crippen LogP contribution is 2.46. The van der Waals surface area contributed by atoms with Crippen molar-refractivity contribution in [2.24, 2.45) is 0 Å². The van der Waals surface area contributed by atoms with Gasteiger partial charge in [0.05, 0.1) is 0 Å². The molecule has 23 heavy (non-hydrogen) atoms. The minimum atomic E-state index is 0.974. The molecule has 0 atom stereocenters. The molecule has 2 heteroatoms.